The zero-order valence-corrected chi connectivity index (χ0v) is 17.5. The predicted octanol–water partition coefficient (Wildman–Crippen LogP) is 3.49. The summed E-state index contributed by atoms with van der Waals surface area (Å²) in [5.74, 6) is -1.16. The predicted molar refractivity (Wildman–Crippen MR) is 110 cm³/mol. The van der Waals surface area contributed by atoms with Gasteiger partial charge in [0, 0.05) is 6.61 Å². The fraction of sp³-hybridized carbons (Fsp3) is 0.368. The molecule has 1 aromatic carbocycles. The molecule has 1 saturated heterocycles. The maximum absolute atomic E-state index is 12.0. The minimum Gasteiger partial charge on any atom is -0.493 e. The second kappa shape index (κ2) is 9.29. The van der Waals surface area contributed by atoms with Crippen LogP contribution in [0.2, 0.25) is 0 Å². The van der Waals surface area contributed by atoms with Crippen LogP contribution in [0.1, 0.15) is 38.4 Å². The maximum Gasteiger partial charge on any atom is 0.340 e. The largest absolute Gasteiger partial charge is 0.493 e. The van der Waals surface area contributed by atoms with Gasteiger partial charge >= 0.3 is 11.9 Å². The summed E-state index contributed by atoms with van der Waals surface area (Å²) in [5, 5.41) is 10.5. The van der Waals surface area contributed by atoms with Gasteiger partial charge in [-0.15, -0.1) is 0 Å². The first kappa shape index (κ1) is 21.2. The van der Waals surface area contributed by atoms with Crippen LogP contribution in [0.3, 0.4) is 0 Å². The van der Waals surface area contributed by atoms with Gasteiger partial charge < -0.3 is 19.3 Å². The summed E-state index contributed by atoms with van der Waals surface area (Å²) in [7, 11) is 2.52. The minimum absolute atomic E-state index is 0.0111. The van der Waals surface area contributed by atoms with Crippen LogP contribution < -0.4 is 0 Å². The van der Waals surface area contributed by atoms with Gasteiger partial charge in [0.25, 0.3) is 0 Å². The quantitative estimate of drug-likeness (QED) is 0.420. The molecule has 3 rings (SSSR count). The third kappa shape index (κ3) is 4.72. The summed E-state index contributed by atoms with van der Waals surface area (Å²) in [5.41, 5.74) is 0.627. The van der Waals surface area contributed by atoms with E-state index in [1.807, 2.05) is 0 Å². The molecule has 1 fully saturated rings. The van der Waals surface area contributed by atoms with Crippen LogP contribution in [0.4, 0.5) is 5.69 Å². The zero-order chi connectivity index (χ0) is 21.0. The van der Waals surface area contributed by atoms with Crippen molar-refractivity contribution in [3.05, 3.63) is 38.2 Å². The first-order valence-electron chi connectivity index (χ1n) is 8.83. The van der Waals surface area contributed by atoms with Crippen molar-refractivity contribution >= 4 is 47.4 Å². The Kier molecular flexibility index (Phi) is 6.78. The van der Waals surface area contributed by atoms with Crippen LogP contribution in [-0.4, -0.2) is 54.8 Å². The highest BCUT2D eigenvalue weighted by molar-refractivity contribution is 7.73. The normalized spacial score (nSPS) is 16.3. The Hall–Kier alpha value is -2.56. The van der Waals surface area contributed by atoms with Gasteiger partial charge in [0.05, 0.1) is 49.9 Å². The van der Waals surface area contributed by atoms with Gasteiger partial charge in [-0.05, 0) is 43.3 Å². The standard InChI is InChI=1S/C19H20N2O6S2/c1-25-17(23)11-5-6-13(18(24)26-2)14(8-11)20-9-15-16(22)21(19(28)29-15)10-12-4-3-7-27-12/h5-6,8-9,12,22H,3-4,7,10H2,1-2H3. The zero-order valence-electron chi connectivity index (χ0n) is 15.9. The summed E-state index contributed by atoms with van der Waals surface area (Å²) >= 11 is 6.55. The summed E-state index contributed by atoms with van der Waals surface area (Å²) < 4.78 is 17.2. The van der Waals surface area contributed by atoms with E-state index in [4.69, 9.17) is 26.4 Å². The van der Waals surface area contributed by atoms with Crippen molar-refractivity contribution in [2.45, 2.75) is 25.5 Å². The average molecular weight is 437 g/mol. The van der Waals surface area contributed by atoms with E-state index >= 15 is 0 Å². The van der Waals surface area contributed by atoms with E-state index in [1.165, 1.54) is 50.0 Å². The van der Waals surface area contributed by atoms with E-state index in [0.717, 1.165) is 12.8 Å². The number of aromatic nitrogens is 1. The number of hydrogen-bond acceptors (Lipinski definition) is 9. The molecule has 1 aliphatic heterocycles. The van der Waals surface area contributed by atoms with E-state index < -0.39 is 11.9 Å². The van der Waals surface area contributed by atoms with Gasteiger partial charge in [0.1, 0.15) is 4.88 Å². The number of rotatable bonds is 6. The van der Waals surface area contributed by atoms with Crippen LogP contribution in [0, 0.1) is 3.95 Å². The second-order valence-electron chi connectivity index (χ2n) is 6.27. The Balaban J connectivity index is 1.93. The molecule has 1 aliphatic rings. The van der Waals surface area contributed by atoms with Gasteiger partial charge in [-0.2, -0.15) is 0 Å². The smallest absolute Gasteiger partial charge is 0.340 e. The molecule has 0 radical (unpaired) electrons. The van der Waals surface area contributed by atoms with Gasteiger partial charge in [0.15, 0.2) is 3.95 Å². The number of benzene rings is 1. The third-order valence-corrected chi connectivity index (χ3v) is 5.82. The van der Waals surface area contributed by atoms with Crippen LogP contribution >= 0.6 is 23.6 Å². The van der Waals surface area contributed by atoms with Crippen molar-refractivity contribution in [3.63, 3.8) is 0 Å². The van der Waals surface area contributed by atoms with Crippen molar-refractivity contribution in [1.82, 2.24) is 4.57 Å². The molecule has 1 N–H and O–H groups in total. The fourth-order valence-corrected chi connectivity index (χ4v) is 4.14. The Morgan fingerprint density at radius 1 is 1.38 bits per heavy atom. The number of hydrogen-bond donors (Lipinski definition) is 1. The highest BCUT2D eigenvalue weighted by atomic mass is 32.1. The van der Waals surface area contributed by atoms with Gasteiger partial charge in [-0.1, -0.05) is 11.3 Å². The third-order valence-electron chi connectivity index (χ3n) is 4.45. The van der Waals surface area contributed by atoms with E-state index in [1.54, 1.807) is 4.57 Å². The number of esters is 2. The lowest BCUT2D eigenvalue weighted by atomic mass is 10.1. The van der Waals surface area contributed by atoms with Crippen molar-refractivity contribution in [1.29, 1.82) is 0 Å². The van der Waals surface area contributed by atoms with Gasteiger partial charge in [0.2, 0.25) is 5.88 Å². The molecule has 0 spiro atoms. The molecule has 10 heteroatoms. The van der Waals surface area contributed by atoms with E-state index in [2.05, 4.69) is 4.99 Å². The molecule has 0 aliphatic carbocycles. The van der Waals surface area contributed by atoms with Gasteiger partial charge in [-0.3, -0.25) is 9.56 Å². The number of nitrogens with zero attached hydrogens (tertiary/aromatic N) is 2. The lowest BCUT2D eigenvalue weighted by Gasteiger charge is -2.10. The molecule has 29 heavy (non-hydrogen) atoms. The Morgan fingerprint density at radius 3 is 2.79 bits per heavy atom. The molecular weight excluding hydrogens is 416 g/mol. The molecular formula is C19H20N2O6S2. The summed E-state index contributed by atoms with van der Waals surface area (Å²) in [6.07, 6.45) is 3.34. The first-order valence-corrected chi connectivity index (χ1v) is 10.1. The minimum atomic E-state index is -0.596. The van der Waals surface area contributed by atoms with Crippen LogP contribution in [0.5, 0.6) is 5.88 Å². The van der Waals surface area contributed by atoms with Gasteiger partial charge in [-0.25, -0.2) is 9.59 Å². The lowest BCUT2D eigenvalue weighted by Crippen LogP contribution is -2.14. The number of ether oxygens (including phenoxy) is 3. The number of carbonyl (C=O) groups excluding carboxylic acids is 2. The van der Waals surface area contributed by atoms with Crippen molar-refractivity contribution in [2.24, 2.45) is 4.99 Å². The molecule has 1 unspecified atom stereocenters. The Morgan fingerprint density at radius 2 is 2.14 bits per heavy atom. The molecule has 2 heterocycles. The van der Waals surface area contributed by atoms with E-state index in [0.29, 0.717) is 22.0 Å². The highest BCUT2D eigenvalue weighted by Crippen LogP contribution is 2.28. The lowest BCUT2D eigenvalue weighted by molar-refractivity contribution is 0.0587. The number of thiazole rings is 1. The average Bonchev–Trinajstić information content (AvgIpc) is 3.34. The van der Waals surface area contributed by atoms with Crippen molar-refractivity contribution < 1.29 is 28.9 Å². The van der Waals surface area contributed by atoms with Crippen molar-refractivity contribution in [2.75, 3.05) is 20.8 Å². The maximum atomic E-state index is 12.0. The number of aliphatic imine (C=N–C) groups is 1. The number of aromatic hydroxyl groups is 1. The molecule has 1 atom stereocenters. The van der Waals surface area contributed by atoms with E-state index in [-0.39, 0.29) is 28.8 Å². The molecule has 0 amide bonds. The summed E-state index contributed by atoms with van der Waals surface area (Å²) in [4.78, 5) is 28.6. The first-order chi connectivity index (χ1) is 13.9. The number of methoxy groups -OCH3 is 2. The topological polar surface area (TPSA) is 99.4 Å². The summed E-state index contributed by atoms with van der Waals surface area (Å²) in [6, 6.07) is 4.32. The van der Waals surface area contributed by atoms with Crippen LogP contribution in [-0.2, 0) is 20.8 Å². The number of carbonyl (C=O) groups is 2. The van der Waals surface area contributed by atoms with E-state index in [9.17, 15) is 14.7 Å². The molecule has 2 aromatic rings. The molecule has 154 valence electrons. The Bertz CT molecular complexity index is 1000. The monoisotopic (exact) mass is 436 g/mol. The Labute approximate surface area is 176 Å². The second-order valence-corrected chi connectivity index (χ2v) is 7.95. The molecule has 0 bridgehead atoms. The summed E-state index contributed by atoms with van der Waals surface area (Å²) in [6.45, 7) is 1.18. The fourth-order valence-electron chi connectivity index (χ4n) is 2.95. The SMILES string of the molecule is COC(=O)c1ccc(C(=O)OC)c(N=Cc2sc(=S)n(CC3CCCO3)c2O)c1. The van der Waals surface area contributed by atoms with Crippen molar-refractivity contribution in [3.8, 4) is 5.88 Å². The van der Waals surface area contributed by atoms with Crippen LogP contribution in [0.15, 0.2) is 23.2 Å². The highest BCUT2D eigenvalue weighted by Gasteiger charge is 2.20. The molecule has 0 saturated carbocycles. The molecule has 1 aromatic heterocycles. The molecule has 8 nitrogen and oxygen atoms in total. The van der Waals surface area contributed by atoms with Crippen LogP contribution in [0.25, 0.3) is 0 Å².